The number of carbonyl (C=O) groups excluding carboxylic acids is 3. The number of hydrogen-bond donors (Lipinski definition) is 4. The molecule has 0 aromatic heterocycles. The molecule has 230 valence electrons. The van der Waals surface area contributed by atoms with Gasteiger partial charge in [-0.1, -0.05) is 111 Å². The van der Waals surface area contributed by atoms with Gasteiger partial charge in [0, 0.05) is 24.1 Å². The van der Waals surface area contributed by atoms with Gasteiger partial charge in [0.1, 0.15) is 6.10 Å². The number of aliphatic carboxylic acids is 1. The van der Waals surface area contributed by atoms with E-state index in [1.165, 1.54) is 13.0 Å². The molecule has 8 nitrogen and oxygen atoms in total. The first-order valence-electron chi connectivity index (χ1n) is 14.0. The number of amides is 2. The lowest BCUT2D eigenvalue weighted by atomic mass is 10.1. The SMILES string of the molecule is C/C(=C/C=C/C=C/C(C)C(=O)[O-])NC(=O)CC(O)\C(C)=C/C=C\C=C(C)\C=C\C=C/C=C/CNC(=O)C(O)CC(C)C. The number of nitrogens with one attached hydrogen (secondary N) is 2. The van der Waals surface area contributed by atoms with Crippen LogP contribution in [0.1, 0.15) is 54.4 Å². The number of rotatable bonds is 18. The van der Waals surface area contributed by atoms with E-state index in [2.05, 4.69) is 10.6 Å². The number of allylic oxidation sites excluding steroid dienone is 15. The molecule has 0 radical (unpaired) electrons. The Labute approximate surface area is 251 Å². The van der Waals surface area contributed by atoms with E-state index in [0.717, 1.165) is 5.57 Å². The van der Waals surface area contributed by atoms with Gasteiger partial charge in [-0.2, -0.15) is 0 Å². The first kappa shape index (κ1) is 38.0. The molecule has 3 atom stereocenters. The van der Waals surface area contributed by atoms with Crippen LogP contribution in [0.2, 0.25) is 0 Å². The summed E-state index contributed by atoms with van der Waals surface area (Å²) in [6.45, 7) is 11.2. The van der Waals surface area contributed by atoms with E-state index < -0.39 is 24.1 Å². The molecule has 0 heterocycles. The predicted octanol–water partition coefficient (Wildman–Crippen LogP) is 3.90. The van der Waals surface area contributed by atoms with Crippen molar-refractivity contribution in [2.75, 3.05) is 6.54 Å². The van der Waals surface area contributed by atoms with Gasteiger partial charge in [0.25, 0.3) is 0 Å². The summed E-state index contributed by atoms with van der Waals surface area (Å²) in [7, 11) is 0. The molecule has 0 rings (SSSR count). The van der Waals surface area contributed by atoms with E-state index in [0.29, 0.717) is 24.2 Å². The van der Waals surface area contributed by atoms with Gasteiger partial charge >= 0.3 is 0 Å². The number of carboxylic acid groups (broad SMARTS) is 1. The number of aliphatic hydroxyl groups excluding tert-OH is 2. The molecule has 0 aliphatic rings. The Bertz CT molecular complexity index is 1130. The molecule has 0 aliphatic carbocycles. The van der Waals surface area contributed by atoms with Gasteiger partial charge in [-0.3, -0.25) is 9.59 Å². The first-order valence-corrected chi connectivity index (χ1v) is 14.0. The molecule has 8 heteroatoms. The van der Waals surface area contributed by atoms with Crippen LogP contribution >= 0.6 is 0 Å². The second-order valence-electron chi connectivity index (χ2n) is 10.3. The Morgan fingerprint density at radius 3 is 2.07 bits per heavy atom. The van der Waals surface area contributed by atoms with Crippen molar-refractivity contribution in [3.63, 3.8) is 0 Å². The highest BCUT2D eigenvalue weighted by molar-refractivity contribution is 5.80. The van der Waals surface area contributed by atoms with Gasteiger partial charge in [0.15, 0.2) is 0 Å². The fraction of sp³-hybridized carbons (Fsp3) is 0.382. The first-order chi connectivity index (χ1) is 19.8. The van der Waals surface area contributed by atoms with E-state index in [4.69, 9.17) is 0 Å². The maximum Gasteiger partial charge on any atom is 0.249 e. The topological polar surface area (TPSA) is 139 Å². The summed E-state index contributed by atoms with van der Waals surface area (Å²) >= 11 is 0. The van der Waals surface area contributed by atoms with E-state index in [1.54, 1.807) is 56.4 Å². The van der Waals surface area contributed by atoms with E-state index in [1.807, 2.05) is 63.3 Å². The van der Waals surface area contributed by atoms with Crippen LogP contribution in [0.3, 0.4) is 0 Å². The van der Waals surface area contributed by atoms with Crippen molar-refractivity contribution < 1.29 is 29.7 Å². The van der Waals surface area contributed by atoms with Crippen LogP contribution in [-0.2, 0) is 14.4 Å². The Hall–Kier alpha value is -4.01. The highest BCUT2D eigenvalue weighted by Gasteiger charge is 2.15. The van der Waals surface area contributed by atoms with Gasteiger partial charge in [-0.05, 0) is 44.8 Å². The zero-order chi connectivity index (χ0) is 31.9. The standard InChI is InChI=1S/C34H48N2O6/c1-25(2)23-31(38)33(40)35-22-16-9-7-8-11-17-26(3)18-14-15-19-27(4)30(37)24-32(39)36-29(6)21-13-10-12-20-28(5)34(41)42/h7-21,25,28,30-31,37-38H,22-24H2,1-6H3,(H,35,40)(H,36,39)(H,41,42)/p-1/b8-7-,13-10+,15-14-,16-9+,17-11+,20-12+,26-18+,27-19-,29-21-. The summed E-state index contributed by atoms with van der Waals surface area (Å²) in [5, 5.41) is 36.1. The van der Waals surface area contributed by atoms with Crippen LogP contribution in [0, 0.1) is 11.8 Å². The van der Waals surface area contributed by atoms with Gasteiger partial charge in [-0.15, -0.1) is 0 Å². The lowest BCUT2D eigenvalue weighted by Crippen LogP contribution is -2.35. The van der Waals surface area contributed by atoms with Crippen LogP contribution in [0.5, 0.6) is 0 Å². The monoisotopic (exact) mass is 579 g/mol. The zero-order valence-corrected chi connectivity index (χ0v) is 25.6. The van der Waals surface area contributed by atoms with Crippen LogP contribution in [0.25, 0.3) is 0 Å². The van der Waals surface area contributed by atoms with Gasteiger partial charge in [0.05, 0.1) is 12.5 Å². The molecular weight excluding hydrogens is 532 g/mol. The van der Waals surface area contributed by atoms with Crippen LogP contribution < -0.4 is 15.7 Å². The van der Waals surface area contributed by atoms with E-state index in [-0.39, 0.29) is 24.2 Å². The average Bonchev–Trinajstić information content (AvgIpc) is 2.91. The summed E-state index contributed by atoms with van der Waals surface area (Å²) < 4.78 is 0. The van der Waals surface area contributed by atoms with E-state index in [9.17, 15) is 29.7 Å². The number of hydrogen-bond acceptors (Lipinski definition) is 6. The summed E-state index contributed by atoms with van der Waals surface area (Å²) in [5.41, 5.74) is 2.25. The number of carboxylic acids is 1. The molecule has 0 spiro atoms. The minimum absolute atomic E-state index is 0.0844. The lowest BCUT2D eigenvalue weighted by Gasteiger charge is -2.11. The third kappa shape index (κ3) is 20.8. The molecule has 0 saturated heterocycles. The smallest absolute Gasteiger partial charge is 0.249 e. The summed E-state index contributed by atoms with van der Waals surface area (Å²) in [6, 6.07) is 0. The molecule has 0 aromatic rings. The fourth-order valence-corrected chi connectivity index (χ4v) is 3.12. The molecule has 0 aliphatic heterocycles. The Kier molecular flexibility index (Phi) is 20.5. The Morgan fingerprint density at radius 2 is 1.40 bits per heavy atom. The maximum absolute atomic E-state index is 12.2. The molecule has 0 fully saturated rings. The van der Waals surface area contributed by atoms with Crippen molar-refractivity contribution in [3.8, 4) is 0 Å². The van der Waals surface area contributed by atoms with Gasteiger partial charge in [0.2, 0.25) is 11.8 Å². The molecule has 2 amide bonds. The average molecular weight is 580 g/mol. The quantitative estimate of drug-likeness (QED) is 0.182. The highest BCUT2D eigenvalue weighted by atomic mass is 16.4. The summed E-state index contributed by atoms with van der Waals surface area (Å²) in [6.07, 6.45) is 25.0. The van der Waals surface area contributed by atoms with Crippen molar-refractivity contribution in [2.24, 2.45) is 11.8 Å². The molecule has 4 N–H and O–H groups in total. The molecular formula is C34H47N2O6-. The third-order valence-electron chi connectivity index (χ3n) is 5.63. The van der Waals surface area contributed by atoms with Crippen LogP contribution in [0.4, 0.5) is 0 Å². The molecule has 42 heavy (non-hydrogen) atoms. The fourth-order valence-electron chi connectivity index (χ4n) is 3.12. The van der Waals surface area contributed by atoms with Crippen molar-refractivity contribution in [3.05, 3.63) is 108 Å². The van der Waals surface area contributed by atoms with Crippen molar-refractivity contribution >= 4 is 17.8 Å². The van der Waals surface area contributed by atoms with Gasteiger partial charge in [-0.25, -0.2) is 0 Å². The molecule has 0 bridgehead atoms. The Morgan fingerprint density at radius 1 is 0.786 bits per heavy atom. The molecule has 3 unspecified atom stereocenters. The zero-order valence-electron chi connectivity index (χ0n) is 25.6. The normalized spacial score (nSPS) is 16.1. The van der Waals surface area contributed by atoms with Crippen LogP contribution in [-0.4, -0.2) is 46.7 Å². The third-order valence-corrected chi connectivity index (χ3v) is 5.63. The minimum Gasteiger partial charge on any atom is -0.550 e. The number of aliphatic hydroxyl groups is 2. The highest BCUT2D eigenvalue weighted by Crippen LogP contribution is 2.07. The second kappa shape index (κ2) is 22.7. The second-order valence-corrected chi connectivity index (χ2v) is 10.3. The maximum atomic E-state index is 12.2. The number of carbonyl (C=O) groups is 3. The molecule has 0 saturated carbocycles. The summed E-state index contributed by atoms with van der Waals surface area (Å²) in [5.74, 6) is -2.26. The van der Waals surface area contributed by atoms with E-state index >= 15 is 0 Å². The predicted molar refractivity (Wildman–Crippen MR) is 168 cm³/mol. The molecule has 0 aromatic carbocycles. The summed E-state index contributed by atoms with van der Waals surface area (Å²) in [4.78, 5) is 34.6. The minimum atomic E-state index is -1.15. The lowest BCUT2D eigenvalue weighted by molar-refractivity contribution is -0.309. The van der Waals surface area contributed by atoms with Crippen molar-refractivity contribution in [1.82, 2.24) is 10.6 Å². The van der Waals surface area contributed by atoms with Gasteiger partial charge < -0.3 is 30.7 Å². The Balaban J connectivity index is 4.54. The van der Waals surface area contributed by atoms with Crippen LogP contribution in [0.15, 0.2) is 108 Å². The van der Waals surface area contributed by atoms with Crippen molar-refractivity contribution in [1.29, 1.82) is 0 Å². The van der Waals surface area contributed by atoms with Crippen molar-refractivity contribution in [2.45, 2.75) is 66.6 Å². The largest absolute Gasteiger partial charge is 0.550 e.